The summed E-state index contributed by atoms with van der Waals surface area (Å²) in [6.07, 6.45) is 4.16. The number of benzene rings is 1. The van der Waals surface area contributed by atoms with Crippen LogP contribution >= 0.6 is 15.9 Å². The highest BCUT2D eigenvalue weighted by Gasteiger charge is 2.12. The highest BCUT2D eigenvalue weighted by Crippen LogP contribution is 2.28. The first-order valence-corrected chi connectivity index (χ1v) is 7.95. The van der Waals surface area contributed by atoms with Crippen molar-refractivity contribution >= 4 is 22.0 Å². The maximum atomic E-state index is 8.99. The first-order valence-electron chi connectivity index (χ1n) is 7.16. The van der Waals surface area contributed by atoms with Gasteiger partial charge in [-0.1, -0.05) is 29.3 Å². The van der Waals surface area contributed by atoms with Gasteiger partial charge >= 0.3 is 0 Å². The van der Waals surface area contributed by atoms with Crippen LogP contribution in [0.25, 0.3) is 6.08 Å². The second kappa shape index (κ2) is 7.81. The standard InChI is InChI=1S/C16H22BrNO2/c1-2-12(5-6-19)9-18-10-13-7-14-8-15(17)3-4-16(14)20-11-13/h3-4,7-8,12,18-19H,2,5-6,9-11H2,1H3. The van der Waals surface area contributed by atoms with Crippen LogP contribution in [-0.4, -0.2) is 31.4 Å². The Morgan fingerprint density at radius 2 is 2.30 bits per heavy atom. The van der Waals surface area contributed by atoms with E-state index in [1.54, 1.807) is 0 Å². The molecule has 2 rings (SSSR count). The normalized spacial score (nSPS) is 15.2. The molecule has 0 aliphatic carbocycles. The molecular formula is C16H22BrNO2. The molecule has 3 nitrogen and oxygen atoms in total. The topological polar surface area (TPSA) is 41.5 Å². The molecule has 1 aliphatic heterocycles. The minimum atomic E-state index is 0.271. The summed E-state index contributed by atoms with van der Waals surface area (Å²) in [6.45, 7) is 4.87. The molecule has 1 unspecified atom stereocenters. The molecule has 1 aliphatic rings. The number of aliphatic hydroxyl groups is 1. The summed E-state index contributed by atoms with van der Waals surface area (Å²) in [6, 6.07) is 6.07. The predicted octanol–water partition coefficient (Wildman–Crippen LogP) is 3.22. The van der Waals surface area contributed by atoms with Crippen LogP contribution in [0.3, 0.4) is 0 Å². The van der Waals surface area contributed by atoms with Gasteiger partial charge in [0.05, 0.1) is 0 Å². The van der Waals surface area contributed by atoms with Crippen molar-refractivity contribution in [3.63, 3.8) is 0 Å². The third-order valence-corrected chi connectivity index (χ3v) is 4.14. The lowest BCUT2D eigenvalue weighted by Gasteiger charge is -2.20. The van der Waals surface area contributed by atoms with Gasteiger partial charge in [0.2, 0.25) is 0 Å². The zero-order valence-electron chi connectivity index (χ0n) is 11.9. The van der Waals surface area contributed by atoms with Crippen molar-refractivity contribution < 1.29 is 9.84 Å². The monoisotopic (exact) mass is 339 g/mol. The molecular weight excluding hydrogens is 318 g/mol. The highest BCUT2D eigenvalue weighted by molar-refractivity contribution is 9.10. The Balaban J connectivity index is 1.88. The molecule has 0 radical (unpaired) electrons. The summed E-state index contributed by atoms with van der Waals surface area (Å²) in [5, 5.41) is 12.5. The van der Waals surface area contributed by atoms with E-state index in [9.17, 15) is 0 Å². The minimum Gasteiger partial charge on any atom is -0.489 e. The first-order chi connectivity index (χ1) is 9.72. The fourth-order valence-electron chi connectivity index (χ4n) is 2.37. The van der Waals surface area contributed by atoms with E-state index < -0.39 is 0 Å². The molecule has 0 aromatic heterocycles. The average molecular weight is 340 g/mol. The quantitative estimate of drug-likeness (QED) is 0.801. The van der Waals surface area contributed by atoms with Crippen molar-refractivity contribution in [2.75, 3.05) is 26.3 Å². The van der Waals surface area contributed by atoms with Crippen molar-refractivity contribution in [3.05, 3.63) is 33.8 Å². The second-order valence-electron chi connectivity index (χ2n) is 5.19. The lowest BCUT2D eigenvalue weighted by Crippen LogP contribution is -2.27. The van der Waals surface area contributed by atoms with E-state index in [0.717, 1.165) is 41.7 Å². The van der Waals surface area contributed by atoms with Crippen LogP contribution in [-0.2, 0) is 0 Å². The van der Waals surface area contributed by atoms with Crippen LogP contribution in [0, 0.1) is 5.92 Å². The minimum absolute atomic E-state index is 0.271. The molecule has 4 heteroatoms. The Kier molecular flexibility index (Phi) is 6.07. The number of ether oxygens (including phenoxy) is 1. The van der Waals surface area contributed by atoms with Gasteiger partial charge in [-0.15, -0.1) is 0 Å². The molecule has 0 saturated heterocycles. The summed E-state index contributed by atoms with van der Waals surface area (Å²) < 4.78 is 6.82. The zero-order valence-corrected chi connectivity index (χ0v) is 13.4. The molecule has 1 atom stereocenters. The molecule has 0 fully saturated rings. The van der Waals surface area contributed by atoms with Gasteiger partial charge in [-0.3, -0.25) is 0 Å². The average Bonchev–Trinajstić information content (AvgIpc) is 2.46. The Hall–Kier alpha value is -0.840. The summed E-state index contributed by atoms with van der Waals surface area (Å²) in [4.78, 5) is 0. The molecule has 1 aromatic carbocycles. The Morgan fingerprint density at radius 3 is 3.05 bits per heavy atom. The third kappa shape index (κ3) is 4.33. The third-order valence-electron chi connectivity index (χ3n) is 3.64. The van der Waals surface area contributed by atoms with Gasteiger partial charge in [0.15, 0.2) is 0 Å². The summed E-state index contributed by atoms with van der Waals surface area (Å²) in [5.41, 5.74) is 2.39. The number of hydrogen-bond donors (Lipinski definition) is 2. The highest BCUT2D eigenvalue weighted by atomic mass is 79.9. The van der Waals surface area contributed by atoms with Gasteiger partial charge in [0.25, 0.3) is 0 Å². The molecule has 0 saturated carbocycles. The zero-order chi connectivity index (χ0) is 14.4. The maximum Gasteiger partial charge on any atom is 0.127 e. The molecule has 0 amide bonds. The van der Waals surface area contributed by atoms with E-state index in [0.29, 0.717) is 12.5 Å². The van der Waals surface area contributed by atoms with E-state index in [-0.39, 0.29) is 6.61 Å². The van der Waals surface area contributed by atoms with E-state index in [4.69, 9.17) is 9.84 Å². The number of hydrogen-bond acceptors (Lipinski definition) is 3. The predicted molar refractivity (Wildman–Crippen MR) is 86.0 cm³/mol. The van der Waals surface area contributed by atoms with Crippen LogP contribution in [0.2, 0.25) is 0 Å². The van der Waals surface area contributed by atoms with E-state index in [2.05, 4.69) is 40.3 Å². The van der Waals surface area contributed by atoms with Gasteiger partial charge in [-0.25, -0.2) is 0 Å². The van der Waals surface area contributed by atoms with Crippen LogP contribution in [0.1, 0.15) is 25.3 Å². The Labute approximate surface area is 129 Å². The Morgan fingerprint density at radius 1 is 1.45 bits per heavy atom. The van der Waals surface area contributed by atoms with Crippen LogP contribution < -0.4 is 10.1 Å². The van der Waals surface area contributed by atoms with Crippen LogP contribution in [0.15, 0.2) is 28.2 Å². The Bertz CT molecular complexity index is 474. The van der Waals surface area contributed by atoms with Gasteiger partial charge < -0.3 is 15.2 Å². The van der Waals surface area contributed by atoms with Crippen molar-refractivity contribution in [1.82, 2.24) is 5.32 Å². The summed E-state index contributed by atoms with van der Waals surface area (Å²) in [5.74, 6) is 1.50. The second-order valence-corrected chi connectivity index (χ2v) is 6.11. The SMILES string of the molecule is CCC(CCO)CNCC1=Cc2cc(Br)ccc2OC1. The van der Waals surface area contributed by atoms with Gasteiger partial charge in [0, 0.05) is 23.2 Å². The van der Waals surface area contributed by atoms with Crippen molar-refractivity contribution in [2.45, 2.75) is 19.8 Å². The first kappa shape index (κ1) is 15.5. The maximum absolute atomic E-state index is 8.99. The van der Waals surface area contributed by atoms with E-state index in [1.807, 2.05) is 12.1 Å². The summed E-state index contributed by atoms with van der Waals surface area (Å²) in [7, 11) is 0. The molecule has 0 bridgehead atoms. The number of fused-ring (bicyclic) bond motifs is 1. The van der Waals surface area contributed by atoms with Crippen LogP contribution in [0.5, 0.6) is 5.75 Å². The number of rotatable bonds is 7. The van der Waals surface area contributed by atoms with Crippen LogP contribution in [0.4, 0.5) is 0 Å². The number of halogens is 1. The van der Waals surface area contributed by atoms with Gasteiger partial charge in [0.1, 0.15) is 12.4 Å². The number of nitrogens with one attached hydrogen (secondary N) is 1. The van der Waals surface area contributed by atoms with E-state index >= 15 is 0 Å². The largest absolute Gasteiger partial charge is 0.489 e. The van der Waals surface area contributed by atoms with Crippen molar-refractivity contribution in [2.24, 2.45) is 5.92 Å². The smallest absolute Gasteiger partial charge is 0.127 e. The van der Waals surface area contributed by atoms with E-state index in [1.165, 1.54) is 5.57 Å². The van der Waals surface area contributed by atoms with Crippen molar-refractivity contribution in [1.29, 1.82) is 0 Å². The lowest BCUT2D eigenvalue weighted by atomic mass is 10.0. The van der Waals surface area contributed by atoms with Gasteiger partial charge in [-0.2, -0.15) is 0 Å². The molecule has 110 valence electrons. The number of aliphatic hydroxyl groups excluding tert-OH is 1. The van der Waals surface area contributed by atoms with Gasteiger partial charge in [-0.05, 0) is 48.7 Å². The van der Waals surface area contributed by atoms with Crippen molar-refractivity contribution in [3.8, 4) is 5.75 Å². The summed E-state index contributed by atoms with van der Waals surface area (Å²) >= 11 is 3.48. The fourth-order valence-corrected chi connectivity index (χ4v) is 2.75. The molecule has 2 N–H and O–H groups in total. The molecule has 20 heavy (non-hydrogen) atoms. The lowest BCUT2D eigenvalue weighted by molar-refractivity contribution is 0.251. The fraction of sp³-hybridized carbons (Fsp3) is 0.500. The molecule has 1 heterocycles. The molecule has 1 aromatic rings. The molecule has 0 spiro atoms.